The highest BCUT2D eigenvalue weighted by molar-refractivity contribution is 6.33. The van der Waals surface area contributed by atoms with Gasteiger partial charge in [-0.05, 0) is 12.5 Å². The van der Waals surface area contributed by atoms with Gasteiger partial charge in [0.15, 0.2) is 0 Å². The topological polar surface area (TPSA) is 99.8 Å². The molecular formula is C9H10ClNO5. The quantitative estimate of drug-likeness (QED) is 0.718. The first-order chi connectivity index (χ1) is 7.49. The number of carboxylic acid groups (broad SMARTS) is 2. The third-order valence-corrected chi connectivity index (χ3v) is 2.43. The van der Waals surface area contributed by atoms with Gasteiger partial charge in [0, 0.05) is 13.2 Å². The summed E-state index contributed by atoms with van der Waals surface area (Å²) in [6.07, 6.45) is 0.299. The normalized spacial score (nSPS) is 10.4. The molecule has 0 unspecified atom stereocenters. The molecule has 0 atom stereocenters. The number of hydrogen-bond donors (Lipinski definition) is 3. The van der Waals surface area contributed by atoms with Gasteiger partial charge >= 0.3 is 11.9 Å². The predicted octanol–water partition coefficient (Wildman–Crippen LogP) is 0.920. The van der Waals surface area contributed by atoms with Crippen LogP contribution in [-0.2, 0) is 6.54 Å². The summed E-state index contributed by atoms with van der Waals surface area (Å²) in [5.41, 5.74) is -0.451. The number of nitrogens with zero attached hydrogens (tertiary/aromatic N) is 1. The van der Waals surface area contributed by atoms with Crippen molar-refractivity contribution in [1.29, 1.82) is 0 Å². The van der Waals surface area contributed by atoms with E-state index in [1.807, 2.05) is 0 Å². The smallest absolute Gasteiger partial charge is 0.352 e. The standard InChI is InChI=1S/C9H10ClNO5/c10-7-5(8(13)14)4-6(9(15)16)11(7)2-1-3-12/h4,12H,1-3H2,(H,13,14)(H,15,16). The second-order valence-corrected chi connectivity index (χ2v) is 3.43. The summed E-state index contributed by atoms with van der Waals surface area (Å²) in [7, 11) is 0. The molecule has 1 heterocycles. The van der Waals surface area contributed by atoms with Crippen molar-refractivity contribution < 1.29 is 24.9 Å². The van der Waals surface area contributed by atoms with Gasteiger partial charge < -0.3 is 19.9 Å². The van der Waals surface area contributed by atoms with E-state index in [0.29, 0.717) is 6.42 Å². The Balaban J connectivity index is 3.20. The van der Waals surface area contributed by atoms with Crippen LogP contribution in [0.5, 0.6) is 0 Å². The van der Waals surface area contributed by atoms with E-state index in [1.165, 1.54) is 0 Å². The molecule has 0 fully saturated rings. The first kappa shape index (κ1) is 12.5. The summed E-state index contributed by atoms with van der Waals surface area (Å²) >= 11 is 5.74. The SMILES string of the molecule is O=C(O)c1cc(C(=O)O)n(CCCO)c1Cl. The van der Waals surface area contributed by atoms with Gasteiger partial charge in [0.1, 0.15) is 10.8 Å². The molecular weight excluding hydrogens is 238 g/mol. The lowest BCUT2D eigenvalue weighted by atomic mass is 10.3. The molecule has 6 nitrogen and oxygen atoms in total. The molecule has 0 saturated heterocycles. The monoisotopic (exact) mass is 247 g/mol. The minimum absolute atomic E-state index is 0.129. The van der Waals surface area contributed by atoms with Crippen LogP contribution in [0.3, 0.4) is 0 Å². The van der Waals surface area contributed by atoms with Gasteiger partial charge in [0.25, 0.3) is 0 Å². The number of aliphatic hydroxyl groups is 1. The molecule has 0 aliphatic heterocycles. The van der Waals surface area contributed by atoms with Gasteiger partial charge in [-0.1, -0.05) is 11.6 Å². The van der Waals surface area contributed by atoms with Crippen LogP contribution in [0.2, 0.25) is 5.15 Å². The number of aliphatic hydroxyl groups excluding tert-OH is 1. The van der Waals surface area contributed by atoms with E-state index in [4.69, 9.17) is 26.9 Å². The molecule has 16 heavy (non-hydrogen) atoms. The Labute approximate surface area is 95.7 Å². The van der Waals surface area contributed by atoms with Crippen molar-refractivity contribution in [3.8, 4) is 0 Å². The fraction of sp³-hybridized carbons (Fsp3) is 0.333. The van der Waals surface area contributed by atoms with Crippen molar-refractivity contribution >= 4 is 23.5 Å². The number of carbonyl (C=O) groups is 2. The zero-order chi connectivity index (χ0) is 12.3. The Morgan fingerprint density at radius 2 is 1.94 bits per heavy atom. The number of carboxylic acids is 2. The van der Waals surface area contributed by atoms with E-state index >= 15 is 0 Å². The van der Waals surface area contributed by atoms with Gasteiger partial charge in [-0.15, -0.1) is 0 Å². The number of aromatic carboxylic acids is 2. The van der Waals surface area contributed by atoms with E-state index in [0.717, 1.165) is 10.6 Å². The van der Waals surface area contributed by atoms with Crippen LogP contribution in [0.4, 0.5) is 0 Å². The zero-order valence-corrected chi connectivity index (χ0v) is 8.94. The number of rotatable bonds is 5. The lowest BCUT2D eigenvalue weighted by Gasteiger charge is -2.06. The summed E-state index contributed by atoms with van der Waals surface area (Å²) in [6, 6.07) is 1.00. The molecule has 1 aromatic heterocycles. The second-order valence-electron chi connectivity index (χ2n) is 3.07. The van der Waals surface area contributed by atoms with Gasteiger partial charge in [-0.3, -0.25) is 0 Å². The van der Waals surface area contributed by atoms with Crippen molar-refractivity contribution in [2.24, 2.45) is 0 Å². The van der Waals surface area contributed by atoms with Crippen molar-refractivity contribution in [2.45, 2.75) is 13.0 Å². The Kier molecular flexibility index (Phi) is 3.92. The average molecular weight is 248 g/mol. The van der Waals surface area contributed by atoms with E-state index in [9.17, 15) is 9.59 Å². The zero-order valence-electron chi connectivity index (χ0n) is 8.18. The Morgan fingerprint density at radius 1 is 1.31 bits per heavy atom. The molecule has 0 aromatic carbocycles. The Morgan fingerprint density at radius 3 is 2.38 bits per heavy atom. The summed E-state index contributed by atoms with van der Waals surface area (Å²) in [5, 5.41) is 26.1. The Hall–Kier alpha value is -1.53. The molecule has 1 rings (SSSR count). The van der Waals surface area contributed by atoms with Crippen LogP contribution in [0.1, 0.15) is 27.3 Å². The van der Waals surface area contributed by atoms with E-state index in [2.05, 4.69) is 0 Å². The summed E-state index contributed by atoms with van der Waals surface area (Å²) in [6.45, 7) is 0.0280. The largest absolute Gasteiger partial charge is 0.478 e. The van der Waals surface area contributed by atoms with E-state index in [1.54, 1.807) is 0 Å². The predicted molar refractivity (Wildman–Crippen MR) is 55.1 cm³/mol. The lowest BCUT2D eigenvalue weighted by Crippen LogP contribution is -2.09. The van der Waals surface area contributed by atoms with Crippen molar-refractivity contribution in [2.75, 3.05) is 6.61 Å². The second kappa shape index (κ2) is 5.00. The first-order valence-electron chi connectivity index (χ1n) is 4.45. The molecule has 0 amide bonds. The average Bonchev–Trinajstić information content (AvgIpc) is 2.53. The molecule has 1 aromatic rings. The van der Waals surface area contributed by atoms with Crippen LogP contribution < -0.4 is 0 Å². The fourth-order valence-corrected chi connectivity index (χ4v) is 1.61. The number of aromatic nitrogens is 1. The maximum Gasteiger partial charge on any atom is 0.352 e. The Bertz CT molecular complexity index is 426. The number of halogens is 1. The maximum atomic E-state index is 10.8. The summed E-state index contributed by atoms with van der Waals surface area (Å²) in [5.74, 6) is -2.54. The van der Waals surface area contributed by atoms with Crippen LogP contribution in [0.25, 0.3) is 0 Å². The molecule has 0 radical (unpaired) electrons. The highest BCUT2D eigenvalue weighted by Gasteiger charge is 2.21. The minimum atomic E-state index is -1.28. The molecule has 0 spiro atoms. The van der Waals surface area contributed by atoms with E-state index < -0.39 is 11.9 Å². The van der Waals surface area contributed by atoms with Gasteiger partial charge in [-0.25, -0.2) is 9.59 Å². The molecule has 7 heteroatoms. The highest BCUT2D eigenvalue weighted by atomic mass is 35.5. The summed E-state index contributed by atoms with van der Waals surface area (Å²) in [4.78, 5) is 21.6. The van der Waals surface area contributed by atoms with Gasteiger partial charge in [0.05, 0.1) is 5.56 Å². The third kappa shape index (κ3) is 2.34. The van der Waals surface area contributed by atoms with E-state index in [-0.39, 0.29) is 29.6 Å². The summed E-state index contributed by atoms with van der Waals surface area (Å²) < 4.78 is 1.16. The minimum Gasteiger partial charge on any atom is -0.478 e. The fourth-order valence-electron chi connectivity index (χ4n) is 1.30. The molecule has 88 valence electrons. The molecule has 0 saturated carbocycles. The van der Waals surface area contributed by atoms with Crippen LogP contribution in [0.15, 0.2) is 6.07 Å². The van der Waals surface area contributed by atoms with Gasteiger partial charge in [0.2, 0.25) is 0 Å². The maximum absolute atomic E-state index is 10.8. The molecule has 0 bridgehead atoms. The lowest BCUT2D eigenvalue weighted by molar-refractivity contribution is 0.0681. The van der Waals surface area contributed by atoms with Crippen LogP contribution >= 0.6 is 11.6 Å². The van der Waals surface area contributed by atoms with Crippen molar-refractivity contribution in [1.82, 2.24) is 4.57 Å². The third-order valence-electron chi connectivity index (χ3n) is 2.02. The van der Waals surface area contributed by atoms with Crippen molar-refractivity contribution in [3.63, 3.8) is 0 Å². The highest BCUT2D eigenvalue weighted by Crippen LogP contribution is 2.22. The van der Waals surface area contributed by atoms with Crippen molar-refractivity contribution in [3.05, 3.63) is 22.5 Å². The van der Waals surface area contributed by atoms with Crippen LogP contribution in [0, 0.1) is 0 Å². The molecule has 3 N–H and O–H groups in total. The van der Waals surface area contributed by atoms with Crippen LogP contribution in [-0.4, -0.2) is 38.4 Å². The van der Waals surface area contributed by atoms with Gasteiger partial charge in [-0.2, -0.15) is 0 Å². The molecule has 0 aliphatic rings. The molecule has 0 aliphatic carbocycles. The number of hydrogen-bond acceptors (Lipinski definition) is 3. The first-order valence-corrected chi connectivity index (χ1v) is 4.83.